The van der Waals surface area contributed by atoms with Gasteiger partial charge in [0.15, 0.2) is 10.8 Å². The minimum Gasteiger partial charge on any atom is -0.397 e. The van der Waals surface area contributed by atoms with E-state index < -0.39 is 5.82 Å². The second-order valence-electron chi connectivity index (χ2n) is 6.66. The lowest BCUT2D eigenvalue weighted by molar-refractivity contribution is 0.111. The van der Waals surface area contributed by atoms with Gasteiger partial charge < -0.3 is 21.1 Å². The Bertz CT molecular complexity index is 1060. The number of nitrogens with zero attached hydrogens (tertiary/aromatic N) is 3. The van der Waals surface area contributed by atoms with Gasteiger partial charge in [-0.1, -0.05) is 11.6 Å². The number of imidazole rings is 1. The van der Waals surface area contributed by atoms with Crippen LogP contribution in [0.15, 0.2) is 23.0 Å². The molecule has 142 valence electrons. The van der Waals surface area contributed by atoms with E-state index in [9.17, 15) is 14.3 Å². The van der Waals surface area contributed by atoms with Crippen molar-refractivity contribution in [1.29, 1.82) is 0 Å². The molecule has 0 unspecified atom stereocenters. The highest BCUT2D eigenvalue weighted by Crippen LogP contribution is 2.31. The van der Waals surface area contributed by atoms with Crippen LogP contribution in [0.25, 0.3) is 11.2 Å². The summed E-state index contributed by atoms with van der Waals surface area (Å²) in [6.07, 6.45) is 2.22. The van der Waals surface area contributed by atoms with Crippen LogP contribution in [0.5, 0.6) is 0 Å². The molecule has 8 nitrogen and oxygen atoms in total. The third kappa shape index (κ3) is 3.35. The third-order valence-electron chi connectivity index (χ3n) is 4.82. The summed E-state index contributed by atoms with van der Waals surface area (Å²) in [5, 5.41) is 12.6. The Kier molecular flexibility index (Phi) is 4.48. The maximum Gasteiger partial charge on any atom is 0.328 e. The Morgan fingerprint density at radius 2 is 2.04 bits per heavy atom. The fourth-order valence-corrected chi connectivity index (χ4v) is 3.65. The summed E-state index contributed by atoms with van der Waals surface area (Å²) >= 11 is 6.23. The molecule has 10 heteroatoms. The molecule has 3 aromatic rings. The summed E-state index contributed by atoms with van der Waals surface area (Å²) in [6.45, 7) is 0. The summed E-state index contributed by atoms with van der Waals surface area (Å²) < 4.78 is 15.0. The Morgan fingerprint density at radius 3 is 2.78 bits per heavy atom. The van der Waals surface area contributed by atoms with Gasteiger partial charge in [-0.3, -0.25) is 4.57 Å². The number of H-pyrrole nitrogens is 1. The van der Waals surface area contributed by atoms with E-state index in [-0.39, 0.29) is 28.9 Å². The highest BCUT2D eigenvalue weighted by molar-refractivity contribution is 6.33. The van der Waals surface area contributed by atoms with Crippen LogP contribution in [0.1, 0.15) is 31.7 Å². The van der Waals surface area contributed by atoms with Crippen LogP contribution in [0, 0.1) is 5.82 Å². The van der Waals surface area contributed by atoms with Crippen LogP contribution in [-0.2, 0) is 0 Å². The first kappa shape index (κ1) is 17.7. The Balaban J connectivity index is 1.77. The van der Waals surface area contributed by atoms with Crippen LogP contribution in [0.4, 0.5) is 21.7 Å². The quantitative estimate of drug-likeness (QED) is 0.401. The number of hydrogen-bond donors (Lipinski definition) is 4. The van der Waals surface area contributed by atoms with Gasteiger partial charge in [-0.15, -0.1) is 0 Å². The first-order chi connectivity index (χ1) is 12.9. The first-order valence-electron chi connectivity index (χ1n) is 8.60. The lowest BCUT2D eigenvalue weighted by Gasteiger charge is -2.26. The van der Waals surface area contributed by atoms with Gasteiger partial charge in [0.05, 0.1) is 17.5 Å². The van der Waals surface area contributed by atoms with Crippen molar-refractivity contribution in [3.63, 3.8) is 0 Å². The molecule has 1 aromatic carbocycles. The second kappa shape index (κ2) is 6.82. The monoisotopic (exact) mass is 392 g/mol. The van der Waals surface area contributed by atoms with E-state index in [1.807, 2.05) is 0 Å². The van der Waals surface area contributed by atoms with E-state index >= 15 is 0 Å². The fourth-order valence-electron chi connectivity index (χ4n) is 3.44. The van der Waals surface area contributed by atoms with Crippen LogP contribution >= 0.6 is 11.6 Å². The van der Waals surface area contributed by atoms with Gasteiger partial charge in [-0.25, -0.2) is 9.18 Å². The first-order valence-corrected chi connectivity index (χ1v) is 8.98. The standard InChI is InChI=1S/C17H18ClFN6O2/c18-14-13-15(25(17(27)22-13)9-2-4-10(26)5-3-9)24-16(23-14)21-12-7-8(19)1-6-11(12)20/h1,6-7,9-10,26H,2-5,20H2,(H,22,27)(H,21,23,24). The zero-order valence-corrected chi connectivity index (χ0v) is 15.0. The van der Waals surface area contributed by atoms with Crippen molar-refractivity contribution in [2.45, 2.75) is 37.8 Å². The molecule has 2 aromatic heterocycles. The largest absolute Gasteiger partial charge is 0.397 e. The minimum atomic E-state index is -0.460. The molecule has 1 saturated carbocycles. The molecule has 1 aliphatic carbocycles. The van der Waals surface area contributed by atoms with Gasteiger partial charge in [-0.05, 0) is 43.9 Å². The molecular formula is C17H18ClFN6O2. The summed E-state index contributed by atoms with van der Waals surface area (Å²) in [4.78, 5) is 23.7. The summed E-state index contributed by atoms with van der Waals surface area (Å²) in [6, 6.07) is 3.81. The Hall–Kier alpha value is -2.65. The average Bonchev–Trinajstić information content (AvgIpc) is 2.96. The number of nitrogens with one attached hydrogen (secondary N) is 2. The molecule has 0 saturated heterocycles. The number of halogens is 2. The normalized spacial score (nSPS) is 20.1. The topological polar surface area (TPSA) is 122 Å². The molecule has 1 fully saturated rings. The number of rotatable bonds is 3. The van der Waals surface area contributed by atoms with Gasteiger partial charge in [0, 0.05) is 6.04 Å². The predicted molar refractivity (Wildman–Crippen MR) is 101 cm³/mol. The number of aromatic nitrogens is 4. The van der Waals surface area contributed by atoms with Crippen molar-refractivity contribution >= 4 is 40.1 Å². The van der Waals surface area contributed by atoms with Crippen molar-refractivity contribution in [2.75, 3.05) is 11.1 Å². The number of fused-ring (bicyclic) bond motifs is 1. The highest BCUT2D eigenvalue weighted by Gasteiger charge is 2.25. The number of aromatic amines is 1. The number of nitrogens with two attached hydrogens (primary N) is 1. The number of aliphatic hydroxyl groups is 1. The van der Waals surface area contributed by atoms with Crippen molar-refractivity contribution in [1.82, 2.24) is 19.5 Å². The van der Waals surface area contributed by atoms with Crippen LogP contribution in [-0.4, -0.2) is 30.7 Å². The Morgan fingerprint density at radius 1 is 1.30 bits per heavy atom. The molecule has 0 amide bonds. The predicted octanol–water partition coefficient (Wildman–Crippen LogP) is 2.71. The lowest BCUT2D eigenvalue weighted by Crippen LogP contribution is -2.27. The van der Waals surface area contributed by atoms with Crippen molar-refractivity contribution in [3.8, 4) is 0 Å². The smallest absolute Gasteiger partial charge is 0.328 e. The summed E-state index contributed by atoms with van der Waals surface area (Å²) in [7, 11) is 0. The van der Waals surface area contributed by atoms with Gasteiger partial charge in [0.1, 0.15) is 11.3 Å². The van der Waals surface area contributed by atoms with Gasteiger partial charge in [-0.2, -0.15) is 9.97 Å². The molecular weight excluding hydrogens is 375 g/mol. The number of aliphatic hydroxyl groups excluding tert-OH is 1. The molecule has 0 atom stereocenters. The highest BCUT2D eigenvalue weighted by atomic mass is 35.5. The third-order valence-corrected chi connectivity index (χ3v) is 5.09. The molecule has 0 bridgehead atoms. The molecule has 0 spiro atoms. The van der Waals surface area contributed by atoms with E-state index in [1.165, 1.54) is 18.2 Å². The van der Waals surface area contributed by atoms with E-state index in [0.717, 1.165) is 0 Å². The van der Waals surface area contributed by atoms with Crippen molar-refractivity contribution in [2.24, 2.45) is 0 Å². The SMILES string of the molecule is Nc1ccc(F)cc1Nc1nc(Cl)c2[nH]c(=O)n(C3CCC(O)CC3)c2n1. The van der Waals surface area contributed by atoms with Crippen LogP contribution in [0.3, 0.4) is 0 Å². The number of hydrogen-bond acceptors (Lipinski definition) is 6. The van der Waals surface area contributed by atoms with E-state index in [1.54, 1.807) is 4.57 Å². The van der Waals surface area contributed by atoms with E-state index in [2.05, 4.69) is 20.3 Å². The molecule has 4 rings (SSSR count). The van der Waals surface area contributed by atoms with Crippen LogP contribution < -0.4 is 16.7 Å². The zero-order valence-electron chi connectivity index (χ0n) is 14.2. The molecule has 0 radical (unpaired) electrons. The van der Waals surface area contributed by atoms with Gasteiger partial charge >= 0.3 is 5.69 Å². The van der Waals surface area contributed by atoms with Crippen molar-refractivity contribution in [3.05, 3.63) is 39.7 Å². The number of anilines is 3. The zero-order chi connectivity index (χ0) is 19.1. The maximum atomic E-state index is 13.5. The summed E-state index contributed by atoms with van der Waals surface area (Å²) in [5.41, 5.74) is 6.84. The molecule has 5 N–H and O–H groups in total. The Labute approximate surface area is 158 Å². The fraction of sp³-hybridized carbons (Fsp3) is 0.353. The summed E-state index contributed by atoms with van der Waals surface area (Å²) in [5.74, 6) is -0.355. The van der Waals surface area contributed by atoms with Crippen LogP contribution in [0.2, 0.25) is 5.15 Å². The van der Waals surface area contributed by atoms with Gasteiger partial charge in [0.25, 0.3) is 0 Å². The number of benzene rings is 1. The van der Waals surface area contributed by atoms with E-state index in [4.69, 9.17) is 17.3 Å². The number of nitrogen functional groups attached to an aromatic ring is 1. The van der Waals surface area contributed by atoms with Crippen molar-refractivity contribution < 1.29 is 9.50 Å². The maximum absolute atomic E-state index is 13.5. The second-order valence-corrected chi connectivity index (χ2v) is 7.01. The van der Waals surface area contributed by atoms with E-state index in [0.29, 0.717) is 48.2 Å². The lowest BCUT2D eigenvalue weighted by atomic mass is 9.93. The molecule has 2 heterocycles. The molecule has 0 aliphatic heterocycles. The van der Waals surface area contributed by atoms with Gasteiger partial charge in [0.2, 0.25) is 5.95 Å². The minimum absolute atomic E-state index is 0.0733. The average molecular weight is 393 g/mol. The molecule has 27 heavy (non-hydrogen) atoms. The molecule has 1 aliphatic rings.